The molecule has 0 amide bonds. The molecule has 106 valence electrons. The molecule has 0 spiro atoms. The highest BCUT2D eigenvalue weighted by Gasteiger charge is 2.16. The SMILES string of the molecule is O=C(O)c1cccc2[nH]c(=O)c(=O)n(Cc3ccno3)c12. The summed E-state index contributed by atoms with van der Waals surface area (Å²) in [6.07, 6.45) is 1.40. The Labute approximate surface area is 116 Å². The van der Waals surface area contributed by atoms with Gasteiger partial charge in [0.25, 0.3) is 0 Å². The zero-order valence-electron chi connectivity index (χ0n) is 10.6. The maximum atomic E-state index is 12.0. The molecule has 0 aliphatic rings. The number of nitrogens with zero attached hydrogens (tertiary/aromatic N) is 2. The molecule has 0 aliphatic heterocycles. The third-order valence-corrected chi connectivity index (χ3v) is 3.03. The van der Waals surface area contributed by atoms with Gasteiger partial charge in [0.1, 0.15) is 0 Å². The van der Waals surface area contributed by atoms with Crippen LogP contribution in [-0.2, 0) is 6.54 Å². The molecule has 2 heterocycles. The number of aromatic amines is 1. The molecule has 0 fully saturated rings. The maximum Gasteiger partial charge on any atom is 0.337 e. The summed E-state index contributed by atoms with van der Waals surface area (Å²) >= 11 is 0. The van der Waals surface area contributed by atoms with Gasteiger partial charge in [-0.25, -0.2) is 4.79 Å². The van der Waals surface area contributed by atoms with Crippen molar-refractivity contribution in [3.05, 3.63) is 62.5 Å². The molecule has 2 N–H and O–H groups in total. The Kier molecular flexibility index (Phi) is 2.90. The smallest absolute Gasteiger partial charge is 0.337 e. The van der Waals surface area contributed by atoms with Gasteiger partial charge in [-0.05, 0) is 12.1 Å². The molecule has 1 aromatic carbocycles. The fourth-order valence-electron chi connectivity index (χ4n) is 2.14. The van der Waals surface area contributed by atoms with Crippen molar-refractivity contribution in [2.24, 2.45) is 0 Å². The number of hydrogen-bond donors (Lipinski definition) is 2. The van der Waals surface area contributed by atoms with Gasteiger partial charge in [0.05, 0.1) is 29.3 Å². The number of fused-ring (bicyclic) bond motifs is 1. The predicted octanol–water partition coefficient (Wildman–Crippen LogP) is 0.424. The number of nitrogens with one attached hydrogen (secondary N) is 1. The van der Waals surface area contributed by atoms with Crippen molar-refractivity contribution < 1.29 is 14.4 Å². The van der Waals surface area contributed by atoms with E-state index < -0.39 is 17.1 Å². The summed E-state index contributed by atoms with van der Waals surface area (Å²) in [5.74, 6) is -0.859. The lowest BCUT2D eigenvalue weighted by atomic mass is 10.1. The van der Waals surface area contributed by atoms with Crippen LogP contribution in [0, 0.1) is 0 Å². The van der Waals surface area contributed by atoms with E-state index in [0.29, 0.717) is 5.76 Å². The highest BCUT2D eigenvalue weighted by molar-refractivity contribution is 6.00. The van der Waals surface area contributed by atoms with Gasteiger partial charge in [0, 0.05) is 6.07 Å². The van der Waals surface area contributed by atoms with E-state index in [1.165, 1.54) is 30.5 Å². The lowest BCUT2D eigenvalue weighted by molar-refractivity contribution is 0.0698. The molecule has 3 rings (SSSR count). The van der Waals surface area contributed by atoms with Crippen molar-refractivity contribution in [1.29, 1.82) is 0 Å². The fraction of sp³-hybridized carbons (Fsp3) is 0.0769. The van der Waals surface area contributed by atoms with Crippen LogP contribution in [0.5, 0.6) is 0 Å². The molecule has 0 saturated heterocycles. The van der Waals surface area contributed by atoms with Crippen LogP contribution < -0.4 is 11.1 Å². The van der Waals surface area contributed by atoms with Gasteiger partial charge >= 0.3 is 17.1 Å². The average Bonchev–Trinajstić information content (AvgIpc) is 2.96. The van der Waals surface area contributed by atoms with Crippen molar-refractivity contribution in [1.82, 2.24) is 14.7 Å². The van der Waals surface area contributed by atoms with Crippen molar-refractivity contribution in [3.63, 3.8) is 0 Å². The Morgan fingerprint density at radius 2 is 2.14 bits per heavy atom. The second kappa shape index (κ2) is 4.75. The molecular formula is C13H9N3O5. The first-order valence-corrected chi connectivity index (χ1v) is 5.96. The van der Waals surface area contributed by atoms with E-state index in [-0.39, 0.29) is 23.1 Å². The minimum absolute atomic E-state index is 0.0798. The van der Waals surface area contributed by atoms with Crippen LogP contribution in [0.15, 0.2) is 44.6 Å². The van der Waals surface area contributed by atoms with E-state index in [0.717, 1.165) is 4.57 Å². The van der Waals surface area contributed by atoms with E-state index >= 15 is 0 Å². The number of aromatic nitrogens is 3. The molecule has 0 unspecified atom stereocenters. The minimum Gasteiger partial charge on any atom is -0.478 e. The second-order valence-corrected chi connectivity index (χ2v) is 4.33. The summed E-state index contributed by atoms with van der Waals surface area (Å²) in [6, 6.07) is 5.91. The van der Waals surface area contributed by atoms with Crippen molar-refractivity contribution in [2.45, 2.75) is 6.54 Å². The number of carbonyl (C=O) groups is 1. The quantitative estimate of drug-likeness (QED) is 0.674. The van der Waals surface area contributed by atoms with Gasteiger partial charge in [0.2, 0.25) is 0 Å². The van der Waals surface area contributed by atoms with Crippen molar-refractivity contribution >= 4 is 17.0 Å². The Morgan fingerprint density at radius 1 is 1.33 bits per heavy atom. The first-order valence-electron chi connectivity index (χ1n) is 5.96. The fourth-order valence-corrected chi connectivity index (χ4v) is 2.14. The number of rotatable bonds is 3. The van der Waals surface area contributed by atoms with Crippen molar-refractivity contribution in [3.8, 4) is 0 Å². The lowest BCUT2D eigenvalue weighted by Crippen LogP contribution is -2.37. The predicted molar refractivity (Wildman–Crippen MR) is 71.4 cm³/mol. The molecule has 8 nitrogen and oxygen atoms in total. The molecule has 0 atom stereocenters. The molecule has 0 saturated carbocycles. The minimum atomic E-state index is -1.20. The van der Waals surface area contributed by atoms with E-state index in [9.17, 15) is 19.5 Å². The standard InChI is InChI=1S/C13H9N3O5/c17-11-12(18)16(6-7-4-5-14-21-7)10-8(13(19)20)2-1-3-9(10)15-11/h1-5H,6H2,(H,15,17)(H,19,20). The first-order chi connectivity index (χ1) is 10.1. The lowest BCUT2D eigenvalue weighted by Gasteiger charge is -2.10. The van der Waals surface area contributed by atoms with Crippen LogP contribution in [0.3, 0.4) is 0 Å². The topological polar surface area (TPSA) is 118 Å². The number of benzene rings is 1. The summed E-state index contributed by atoms with van der Waals surface area (Å²) in [6.45, 7) is -0.0798. The van der Waals surface area contributed by atoms with Gasteiger partial charge in [-0.15, -0.1) is 0 Å². The molecule has 0 radical (unpaired) electrons. The summed E-state index contributed by atoms with van der Waals surface area (Å²) < 4.78 is 5.98. The number of carboxylic acid groups (broad SMARTS) is 1. The van der Waals surface area contributed by atoms with Crippen LogP contribution in [-0.4, -0.2) is 25.8 Å². The molecular weight excluding hydrogens is 278 g/mol. The zero-order chi connectivity index (χ0) is 15.0. The Balaban J connectivity index is 2.39. The second-order valence-electron chi connectivity index (χ2n) is 4.33. The molecule has 2 aromatic heterocycles. The molecule has 0 bridgehead atoms. The third kappa shape index (κ3) is 2.12. The molecule has 3 aromatic rings. The number of aromatic carboxylic acids is 1. The van der Waals surface area contributed by atoms with Crippen LogP contribution in [0.2, 0.25) is 0 Å². The first kappa shape index (κ1) is 12.9. The van der Waals surface area contributed by atoms with E-state index in [2.05, 4.69) is 10.1 Å². The summed E-state index contributed by atoms with van der Waals surface area (Å²) in [5.41, 5.74) is -1.37. The van der Waals surface area contributed by atoms with Crippen LogP contribution in [0.25, 0.3) is 11.0 Å². The van der Waals surface area contributed by atoms with Crippen LogP contribution >= 0.6 is 0 Å². The summed E-state index contributed by atoms with van der Waals surface area (Å²) in [4.78, 5) is 37.4. The zero-order valence-corrected chi connectivity index (χ0v) is 10.6. The molecule has 8 heteroatoms. The number of H-pyrrole nitrogens is 1. The monoisotopic (exact) mass is 287 g/mol. The van der Waals surface area contributed by atoms with Gasteiger partial charge in [0.15, 0.2) is 5.76 Å². The maximum absolute atomic E-state index is 12.0. The number of carboxylic acids is 1. The highest BCUT2D eigenvalue weighted by atomic mass is 16.5. The van der Waals surface area contributed by atoms with E-state index in [1.807, 2.05) is 0 Å². The van der Waals surface area contributed by atoms with E-state index in [4.69, 9.17) is 4.52 Å². The highest BCUT2D eigenvalue weighted by Crippen LogP contribution is 2.16. The Hall–Kier alpha value is -3.16. The van der Waals surface area contributed by atoms with Gasteiger partial charge in [-0.2, -0.15) is 0 Å². The van der Waals surface area contributed by atoms with E-state index in [1.54, 1.807) is 0 Å². The largest absolute Gasteiger partial charge is 0.478 e. The summed E-state index contributed by atoms with van der Waals surface area (Å²) in [7, 11) is 0. The van der Waals surface area contributed by atoms with Gasteiger partial charge in [-0.1, -0.05) is 11.2 Å². The molecule has 21 heavy (non-hydrogen) atoms. The normalized spacial score (nSPS) is 10.9. The van der Waals surface area contributed by atoms with Crippen LogP contribution in [0.1, 0.15) is 16.1 Å². The Bertz CT molecular complexity index is 937. The van der Waals surface area contributed by atoms with Crippen LogP contribution in [0.4, 0.5) is 0 Å². The molecule has 0 aliphatic carbocycles. The summed E-state index contributed by atoms with van der Waals surface area (Å²) in [5, 5.41) is 12.8. The Morgan fingerprint density at radius 3 is 2.81 bits per heavy atom. The average molecular weight is 287 g/mol. The number of para-hydroxylation sites is 1. The third-order valence-electron chi connectivity index (χ3n) is 3.03. The van der Waals surface area contributed by atoms with Gasteiger partial charge < -0.3 is 14.6 Å². The van der Waals surface area contributed by atoms with Crippen molar-refractivity contribution in [2.75, 3.05) is 0 Å². The van der Waals surface area contributed by atoms with Gasteiger partial charge in [-0.3, -0.25) is 14.2 Å². The number of hydrogen-bond acceptors (Lipinski definition) is 5.